The van der Waals surface area contributed by atoms with Crippen molar-refractivity contribution in [2.75, 3.05) is 0 Å². The lowest BCUT2D eigenvalue weighted by molar-refractivity contribution is 0.0657. The Morgan fingerprint density at radius 1 is 1.26 bits per heavy atom. The first kappa shape index (κ1) is 13.1. The monoisotopic (exact) mass is 261 g/mol. The molecule has 0 atom stereocenters. The molecule has 0 radical (unpaired) electrons. The third kappa shape index (κ3) is 3.13. The third-order valence-corrected chi connectivity index (χ3v) is 2.59. The highest BCUT2D eigenvalue weighted by Crippen LogP contribution is 2.18. The highest BCUT2D eigenvalue weighted by molar-refractivity contribution is 5.85. The van der Waals surface area contributed by atoms with Crippen LogP contribution in [0.15, 0.2) is 22.6 Å². The SMILES string of the molecule is Cc1cc(C)cc(OCc2nc(C)c(C(=O)O)o2)c1. The highest BCUT2D eigenvalue weighted by atomic mass is 16.5. The molecule has 5 nitrogen and oxygen atoms in total. The predicted octanol–water partition coefficient (Wildman–Crippen LogP) is 2.88. The largest absolute Gasteiger partial charge is 0.484 e. The molecule has 0 aliphatic carbocycles. The molecule has 0 fully saturated rings. The van der Waals surface area contributed by atoms with E-state index in [9.17, 15) is 4.79 Å². The second-order valence-electron chi connectivity index (χ2n) is 4.44. The minimum absolute atomic E-state index is 0.108. The molecule has 2 rings (SSSR count). The Hall–Kier alpha value is -2.30. The highest BCUT2D eigenvalue weighted by Gasteiger charge is 2.16. The Kier molecular flexibility index (Phi) is 3.55. The maximum atomic E-state index is 10.8. The fourth-order valence-corrected chi connectivity index (χ4v) is 1.87. The van der Waals surface area contributed by atoms with Gasteiger partial charge < -0.3 is 14.3 Å². The Bertz CT molecular complexity index is 596. The first-order valence-corrected chi connectivity index (χ1v) is 5.86. The van der Waals surface area contributed by atoms with Gasteiger partial charge in [-0.2, -0.15) is 0 Å². The Labute approximate surface area is 110 Å². The van der Waals surface area contributed by atoms with E-state index in [0.29, 0.717) is 11.4 Å². The molecular formula is C14H15NO4. The zero-order valence-electron chi connectivity index (χ0n) is 11.1. The maximum absolute atomic E-state index is 10.8. The number of nitrogens with zero attached hydrogens (tertiary/aromatic N) is 1. The minimum Gasteiger partial charge on any atom is -0.484 e. The molecule has 1 N–H and O–H groups in total. The predicted molar refractivity (Wildman–Crippen MR) is 68.4 cm³/mol. The van der Waals surface area contributed by atoms with Gasteiger partial charge in [-0.25, -0.2) is 9.78 Å². The standard InChI is InChI=1S/C14H15NO4/c1-8-4-9(2)6-11(5-8)18-7-12-15-10(3)13(19-12)14(16)17/h4-6H,7H2,1-3H3,(H,16,17). The third-order valence-electron chi connectivity index (χ3n) is 2.59. The topological polar surface area (TPSA) is 72.6 Å². The molecule has 0 saturated carbocycles. The summed E-state index contributed by atoms with van der Waals surface area (Å²) in [6, 6.07) is 5.85. The van der Waals surface area contributed by atoms with Gasteiger partial charge in [0, 0.05) is 0 Å². The number of carbonyl (C=O) groups is 1. The minimum atomic E-state index is -1.12. The molecule has 0 aliphatic heterocycles. The summed E-state index contributed by atoms with van der Waals surface area (Å²) in [5.41, 5.74) is 2.56. The number of hydrogen-bond donors (Lipinski definition) is 1. The van der Waals surface area contributed by atoms with Crippen LogP contribution in [0.25, 0.3) is 0 Å². The van der Waals surface area contributed by atoms with Crippen LogP contribution in [0.5, 0.6) is 5.75 Å². The van der Waals surface area contributed by atoms with Crippen LogP contribution in [0.3, 0.4) is 0 Å². The number of carboxylic acid groups (broad SMARTS) is 1. The van der Waals surface area contributed by atoms with Crippen LogP contribution in [-0.2, 0) is 6.61 Å². The molecule has 5 heteroatoms. The quantitative estimate of drug-likeness (QED) is 0.916. The number of aromatic nitrogens is 1. The number of hydrogen-bond acceptors (Lipinski definition) is 4. The number of aryl methyl sites for hydroxylation is 3. The van der Waals surface area contributed by atoms with Gasteiger partial charge in [-0.3, -0.25) is 0 Å². The van der Waals surface area contributed by atoms with Gasteiger partial charge in [-0.1, -0.05) is 6.07 Å². The van der Waals surface area contributed by atoms with Crippen molar-refractivity contribution < 1.29 is 19.1 Å². The number of benzene rings is 1. The normalized spacial score (nSPS) is 10.5. The lowest BCUT2D eigenvalue weighted by atomic mass is 10.1. The first-order valence-electron chi connectivity index (χ1n) is 5.86. The molecule has 0 unspecified atom stereocenters. The van der Waals surface area contributed by atoms with Crippen LogP contribution in [0.1, 0.15) is 33.3 Å². The fourth-order valence-electron chi connectivity index (χ4n) is 1.87. The zero-order chi connectivity index (χ0) is 14.0. The number of carboxylic acids is 1. The first-order chi connectivity index (χ1) is 8.95. The second kappa shape index (κ2) is 5.14. The number of ether oxygens (including phenoxy) is 1. The van der Waals surface area contributed by atoms with E-state index in [2.05, 4.69) is 4.98 Å². The van der Waals surface area contributed by atoms with Crippen molar-refractivity contribution in [3.8, 4) is 5.75 Å². The Morgan fingerprint density at radius 3 is 2.42 bits per heavy atom. The van der Waals surface area contributed by atoms with Crippen LogP contribution in [0.4, 0.5) is 0 Å². The maximum Gasteiger partial charge on any atom is 0.373 e. The Morgan fingerprint density at radius 2 is 1.89 bits per heavy atom. The van der Waals surface area contributed by atoms with Crippen molar-refractivity contribution in [2.45, 2.75) is 27.4 Å². The second-order valence-corrected chi connectivity index (χ2v) is 4.44. The molecule has 0 aliphatic rings. The molecule has 19 heavy (non-hydrogen) atoms. The number of aromatic carboxylic acids is 1. The lowest BCUT2D eigenvalue weighted by Gasteiger charge is -2.05. The van der Waals surface area contributed by atoms with E-state index in [-0.39, 0.29) is 18.3 Å². The van der Waals surface area contributed by atoms with Crippen LogP contribution >= 0.6 is 0 Å². The van der Waals surface area contributed by atoms with E-state index >= 15 is 0 Å². The molecule has 2 aromatic rings. The number of oxazole rings is 1. The summed E-state index contributed by atoms with van der Waals surface area (Å²) in [5.74, 6) is -0.291. The van der Waals surface area contributed by atoms with Crippen LogP contribution in [0.2, 0.25) is 0 Å². The fraction of sp³-hybridized carbons (Fsp3) is 0.286. The van der Waals surface area contributed by atoms with Gasteiger partial charge in [-0.05, 0) is 44.0 Å². The summed E-state index contributed by atoms with van der Waals surface area (Å²) in [6.45, 7) is 5.67. The van der Waals surface area contributed by atoms with Crippen molar-refractivity contribution in [3.05, 3.63) is 46.7 Å². The summed E-state index contributed by atoms with van der Waals surface area (Å²) in [4.78, 5) is 14.8. The van der Waals surface area contributed by atoms with Gasteiger partial charge in [0.1, 0.15) is 5.75 Å². The van der Waals surface area contributed by atoms with E-state index in [0.717, 1.165) is 11.1 Å². The summed E-state index contributed by atoms with van der Waals surface area (Å²) in [5, 5.41) is 8.86. The summed E-state index contributed by atoms with van der Waals surface area (Å²) in [7, 11) is 0. The molecule has 0 spiro atoms. The van der Waals surface area contributed by atoms with Gasteiger partial charge >= 0.3 is 5.97 Å². The van der Waals surface area contributed by atoms with Crippen molar-refractivity contribution in [3.63, 3.8) is 0 Å². The van der Waals surface area contributed by atoms with E-state index in [4.69, 9.17) is 14.3 Å². The van der Waals surface area contributed by atoms with Gasteiger partial charge in [0.15, 0.2) is 6.61 Å². The Balaban J connectivity index is 2.10. The van der Waals surface area contributed by atoms with E-state index in [1.165, 1.54) is 0 Å². The molecule has 0 saturated heterocycles. The smallest absolute Gasteiger partial charge is 0.373 e. The van der Waals surface area contributed by atoms with Crippen LogP contribution in [0, 0.1) is 20.8 Å². The van der Waals surface area contributed by atoms with E-state index < -0.39 is 5.97 Å². The van der Waals surface area contributed by atoms with Gasteiger partial charge in [0.25, 0.3) is 0 Å². The summed E-state index contributed by atoms with van der Waals surface area (Å²) in [6.07, 6.45) is 0. The van der Waals surface area contributed by atoms with E-state index in [1.807, 2.05) is 32.0 Å². The van der Waals surface area contributed by atoms with Crippen molar-refractivity contribution in [1.82, 2.24) is 4.98 Å². The van der Waals surface area contributed by atoms with E-state index in [1.54, 1.807) is 6.92 Å². The summed E-state index contributed by atoms with van der Waals surface area (Å²) >= 11 is 0. The molecule has 100 valence electrons. The zero-order valence-corrected chi connectivity index (χ0v) is 11.1. The molecule has 1 aromatic carbocycles. The average Bonchev–Trinajstić information content (AvgIpc) is 2.67. The summed E-state index contributed by atoms with van der Waals surface area (Å²) < 4.78 is 10.7. The van der Waals surface area contributed by atoms with Crippen LogP contribution in [-0.4, -0.2) is 16.1 Å². The molecular weight excluding hydrogens is 246 g/mol. The van der Waals surface area contributed by atoms with Gasteiger partial charge in [0.2, 0.25) is 11.7 Å². The van der Waals surface area contributed by atoms with Crippen molar-refractivity contribution >= 4 is 5.97 Å². The average molecular weight is 261 g/mol. The van der Waals surface area contributed by atoms with Crippen molar-refractivity contribution in [2.24, 2.45) is 0 Å². The number of rotatable bonds is 4. The van der Waals surface area contributed by atoms with Gasteiger partial charge in [0.05, 0.1) is 5.69 Å². The molecule has 1 aromatic heterocycles. The molecule has 1 heterocycles. The molecule has 0 bridgehead atoms. The van der Waals surface area contributed by atoms with Crippen molar-refractivity contribution in [1.29, 1.82) is 0 Å². The van der Waals surface area contributed by atoms with Crippen LogP contribution < -0.4 is 4.74 Å². The lowest BCUT2D eigenvalue weighted by Crippen LogP contribution is -1.96. The van der Waals surface area contributed by atoms with Gasteiger partial charge in [-0.15, -0.1) is 0 Å². The molecule has 0 amide bonds.